The molecule has 0 saturated carbocycles. The number of rotatable bonds is 2. The Kier molecular flexibility index (Phi) is 3.42. The van der Waals surface area contributed by atoms with Crippen molar-refractivity contribution in [1.82, 2.24) is 0 Å². The third kappa shape index (κ3) is 2.52. The van der Waals surface area contributed by atoms with Crippen LogP contribution in [0.4, 0.5) is 0 Å². The van der Waals surface area contributed by atoms with Gasteiger partial charge in [0.05, 0.1) is 6.61 Å². The molecule has 1 aliphatic carbocycles. The second kappa shape index (κ2) is 4.99. The quantitative estimate of drug-likeness (QED) is 0.746. The van der Waals surface area contributed by atoms with Gasteiger partial charge in [-0.3, -0.25) is 0 Å². The minimum atomic E-state index is 0.141. The first-order valence-electron chi connectivity index (χ1n) is 5.54. The Labute approximate surface area is 95.6 Å². The van der Waals surface area contributed by atoms with Gasteiger partial charge in [0.15, 0.2) is 0 Å². The summed E-state index contributed by atoms with van der Waals surface area (Å²) >= 11 is 0. The van der Waals surface area contributed by atoms with Gasteiger partial charge >= 0.3 is 0 Å². The highest BCUT2D eigenvalue weighted by atomic mass is 16.3. The Morgan fingerprint density at radius 2 is 1.81 bits per heavy atom. The van der Waals surface area contributed by atoms with Crippen molar-refractivity contribution in [2.75, 3.05) is 6.61 Å². The molecule has 0 radical (unpaired) electrons. The van der Waals surface area contributed by atoms with E-state index < -0.39 is 0 Å². The molecule has 2 heteroatoms. The minimum absolute atomic E-state index is 0.141. The Morgan fingerprint density at radius 3 is 2.50 bits per heavy atom. The van der Waals surface area contributed by atoms with Crippen LogP contribution in [-0.2, 0) is 0 Å². The van der Waals surface area contributed by atoms with Crippen molar-refractivity contribution in [2.45, 2.75) is 12.3 Å². The summed E-state index contributed by atoms with van der Waals surface area (Å²) in [5.41, 5.74) is 1.19. The van der Waals surface area contributed by atoms with Gasteiger partial charge in [-0.1, -0.05) is 36.4 Å². The number of allylic oxidation sites excluding steroid dienone is 2. The number of hydrogen-bond donors (Lipinski definition) is 2. The molecule has 16 heavy (non-hydrogen) atoms. The Hall–Kier alpha value is -1.54. The van der Waals surface area contributed by atoms with E-state index in [1.165, 1.54) is 5.56 Å². The molecule has 0 saturated heterocycles. The molecule has 2 atom stereocenters. The van der Waals surface area contributed by atoms with E-state index in [-0.39, 0.29) is 12.5 Å². The molecule has 0 heterocycles. The van der Waals surface area contributed by atoms with E-state index in [4.69, 9.17) is 5.11 Å². The van der Waals surface area contributed by atoms with Crippen molar-refractivity contribution >= 4 is 0 Å². The maximum Gasteiger partial charge on any atom is 0.115 e. The third-order valence-corrected chi connectivity index (χ3v) is 2.90. The molecule has 2 rings (SSSR count). The summed E-state index contributed by atoms with van der Waals surface area (Å²) < 4.78 is 0. The maximum atomic E-state index is 9.23. The van der Waals surface area contributed by atoms with Gasteiger partial charge in [-0.15, -0.1) is 0 Å². The number of aliphatic hydroxyl groups excluding tert-OH is 1. The molecule has 0 spiro atoms. The summed E-state index contributed by atoms with van der Waals surface area (Å²) in [6.45, 7) is 0.162. The lowest BCUT2D eigenvalue weighted by Gasteiger charge is -2.09. The summed E-state index contributed by atoms with van der Waals surface area (Å²) in [6.07, 6.45) is 9.27. The zero-order valence-corrected chi connectivity index (χ0v) is 9.08. The van der Waals surface area contributed by atoms with Crippen LogP contribution >= 0.6 is 0 Å². The molecular formula is C14H16O2. The average Bonchev–Trinajstić information content (AvgIpc) is 2.55. The van der Waals surface area contributed by atoms with E-state index in [0.29, 0.717) is 11.7 Å². The largest absolute Gasteiger partial charge is 0.508 e. The van der Waals surface area contributed by atoms with Crippen molar-refractivity contribution < 1.29 is 10.2 Å². The minimum Gasteiger partial charge on any atom is -0.508 e. The molecule has 0 fully saturated rings. The van der Waals surface area contributed by atoms with Gasteiger partial charge in [0, 0.05) is 11.8 Å². The molecule has 0 unspecified atom stereocenters. The van der Waals surface area contributed by atoms with E-state index >= 15 is 0 Å². The molecule has 2 N–H and O–H groups in total. The van der Waals surface area contributed by atoms with Crippen LogP contribution in [0.3, 0.4) is 0 Å². The monoisotopic (exact) mass is 216 g/mol. The number of aliphatic hydroxyl groups is 1. The molecular weight excluding hydrogens is 200 g/mol. The highest BCUT2D eigenvalue weighted by Gasteiger charge is 2.10. The maximum absolute atomic E-state index is 9.23. The number of benzene rings is 1. The van der Waals surface area contributed by atoms with Gasteiger partial charge in [0.1, 0.15) is 5.75 Å². The fraction of sp³-hybridized carbons (Fsp3) is 0.286. The van der Waals surface area contributed by atoms with Crippen LogP contribution < -0.4 is 0 Å². The fourth-order valence-corrected chi connectivity index (χ4v) is 1.91. The smallest absolute Gasteiger partial charge is 0.115 e. The molecule has 0 aromatic heterocycles. The zero-order valence-electron chi connectivity index (χ0n) is 9.08. The van der Waals surface area contributed by atoms with E-state index in [9.17, 15) is 5.11 Å². The molecule has 1 aromatic carbocycles. The average molecular weight is 216 g/mol. The summed E-state index contributed by atoms with van der Waals surface area (Å²) in [4.78, 5) is 0. The van der Waals surface area contributed by atoms with Crippen LogP contribution in [0.15, 0.2) is 48.6 Å². The third-order valence-electron chi connectivity index (χ3n) is 2.90. The fourth-order valence-electron chi connectivity index (χ4n) is 1.91. The van der Waals surface area contributed by atoms with E-state index in [2.05, 4.69) is 12.2 Å². The van der Waals surface area contributed by atoms with Crippen LogP contribution in [0.1, 0.15) is 17.9 Å². The molecule has 0 amide bonds. The van der Waals surface area contributed by atoms with Gasteiger partial charge in [-0.2, -0.15) is 0 Å². The molecule has 1 aromatic rings. The highest BCUT2D eigenvalue weighted by Crippen LogP contribution is 2.26. The van der Waals surface area contributed by atoms with Gasteiger partial charge in [-0.05, 0) is 24.1 Å². The predicted molar refractivity (Wildman–Crippen MR) is 64.3 cm³/mol. The van der Waals surface area contributed by atoms with Crippen LogP contribution in [0.5, 0.6) is 5.75 Å². The Morgan fingerprint density at radius 1 is 1.06 bits per heavy atom. The molecule has 1 aliphatic rings. The SMILES string of the molecule is OC[C@H]1C=CC[C@@H](c2ccc(O)cc2)C=C1. The van der Waals surface area contributed by atoms with Crippen molar-refractivity contribution in [3.05, 3.63) is 54.1 Å². The van der Waals surface area contributed by atoms with Crippen molar-refractivity contribution in [2.24, 2.45) is 5.92 Å². The highest BCUT2D eigenvalue weighted by molar-refractivity contribution is 5.32. The zero-order chi connectivity index (χ0) is 11.4. The molecule has 0 aliphatic heterocycles. The van der Waals surface area contributed by atoms with Crippen LogP contribution in [-0.4, -0.2) is 16.8 Å². The van der Waals surface area contributed by atoms with E-state index in [0.717, 1.165) is 6.42 Å². The molecule has 0 bridgehead atoms. The topological polar surface area (TPSA) is 40.5 Å². The summed E-state index contributed by atoms with van der Waals surface area (Å²) in [5, 5.41) is 18.3. The summed E-state index contributed by atoms with van der Waals surface area (Å²) in [5.74, 6) is 0.778. The number of phenolic OH excluding ortho intramolecular Hbond substituents is 1. The van der Waals surface area contributed by atoms with Gasteiger partial charge in [0.2, 0.25) is 0 Å². The molecule has 84 valence electrons. The summed E-state index contributed by atoms with van der Waals surface area (Å²) in [6, 6.07) is 7.30. The predicted octanol–water partition coefficient (Wildman–Crippen LogP) is 2.60. The Bertz CT molecular complexity index is 390. The lowest BCUT2D eigenvalue weighted by Crippen LogP contribution is -1.96. The normalized spacial score (nSPS) is 24.3. The van der Waals surface area contributed by atoms with Gasteiger partial charge < -0.3 is 10.2 Å². The lowest BCUT2D eigenvalue weighted by molar-refractivity contribution is 0.274. The summed E-state index contributed by atoms with van der Waals surface area (Å²) in [7, 11) is 0. The lowest BCUT2D eigenvalue weighted by atomic mass is 9.96. The number of aromatic hydroxyl groups is 1. The van der Waals surface area contributed by atoms with Crippen molar-refractivity contribution in [3.63, 3.8) is 0 Å². The second-order valence-corrected chi connectivity index (χ2v) is 4.09. The number of hydrogen-bond acceptors (Lipinski definition) is 2. The van der Waals surface area contributed by atoms with E-state index in [1.807, 2.05) is 24.3 Å². The van der Waals surface area contributed by atoms with Crippen molar-refractivity contribution in [3.8, 4) is 5.75 Å². The van der Waals surface area contributed by atoms with Crippen LogP contribution in [0, 0.1) is 5.92 Å². The van der Waals surface area contributed by atoms with E-state index in [1.54, 1.807) is 12.1 Å². The molecule has 2 nitrogen and oxygen atoms in total. The van der Waals surface area contributed by atoms with Crippen LogP contribution in [0.25, 0.3) is 0 Å². The van der Waals surface area contributed by atoms with Gasteiger partial charge in [0.25, 0.3) is 0 Å². The van der Waals surface area contributed by atoms with Crippen molar-refractivity contribution in [1.29, 1.82) is 0 Å². The standard InChI is InChI=1S/C14H16O2/c15-10-11-2-1-3-12(5-4-11)13-6-8-14(16)9-7-13/h1-2,4-9,11-12,15-16H,3,10H2/t11-,12+/m0/s1. The Balaban J connectivity index is 2.16. The second-order valence-electron chi connectivity index (χ2n) is 4.09. The number of phenols is 1. The van der Waals surface area contributed by atoms with Gasteiger partial charge in [-0.25, -0.2) is 0 Å². The van der Waals surface area contributed by atoms with Crippen LogP contribution in [0.2, 0.25) is 0 Å². The first kappa shape index (κ1) is 11.0. The first-order chi connectivity index (χ1) is 7.79. The first-order valence-corrected chi connectivity index (χ1v) is 5.54.